The molecule has 0 saturated heterocycles. The minimum absolute atomic E-state index is 0.159. The van der Waals surface area contributed by atoms with Crippen LogP contribution in [0.4, 0.5) is 0 Å². The number of ketones is 1. The van der Waals surface area contributed by atoms with E-state index in [0.29, 0.717) is 28.1 Å². The van der Waals surface area contributed by atoms with Gasteiger partial charge in [-0.05, 0) is 42.0 Å². The van der Waals surface area contributed by atoms with Crippen molar-refractivity contribution in [3.63, 3.8) is 0 Å². The van der Waals surface area contributed by atoms with Crippen molar-refractivity contribution in [3.8, 4) is 11.5 Å². The van der Waals surface area contributed by atoms with Crippen LogP contribution in [-0.4, -0.2) is 30.0 Å². The third kappa shape index (κ3) is 3.08. The fourth-order valence-electron chi connectivity index (χ4n) is 2.41. The van der Waals surface area contributed by atoms with Gasteiger partial charge in [0.1, 0.15) is 0 Å². The van der Waals surface area contributed by atoms with E-state index in [4.69, 9.17) is 9.47 Å². The molecule has 0 atom stereocenters. The van der Waals surface area contributed by atoms with Crippen LogP contribution < -0.4 is 15.2 Å². The third-order valence-corrected chi connectivity index (χ3v) is 3.64. The Hall–Kier alpha value is -3.28. The molecule has 122 valence electrons. The van der Waals surface area contributed by atoms with Gasteiger partial charge >= 0.3 is 5.69 Å². The van der Waals surface area contributed by atoms with Gasteiger partial charge in [-0.1, -0.05) is 12.1 Å². The van der Waals surface area contributed by atoms with Crippen molar-refractivity contribution < 1.29 is 14.3 Å². The normalized spacial score (nSPS) is 11.1. The zero-order chi connectivity index (χ0) is 17.1. The first-order chi connectivity index (χ1) is 11.6. The monoisotopic (exact) mass is 324 g/mol. The zero-order valence-electron chi connectivity index (χ0n) is 13.3. The maximum absolute atomic E-state index is 12.3. The Kier molecular flexibility index (Phi) is 4.20. The molecule has 3 rings (SSSR count). The van der Waals surface area contributed by atoms with E-state index in [-0.39, 0.29) is 11.5 Å². The Bertz CT molecular complexity index is 982. The molecule has 6 heteroatoms. The fourth-order valence-corrected chi connectivity index (χ4v) is 2.41. The second-order valence-corrected chi connectivity index (χ2v) is 5.15. The number of carbonyl (C=O) groups excluding carboxylic acids is 1. The maximum Gasteiger partial charge on any atom is 0.323 e. The number of benzene rings is 2. The van der Waals surface area contributed by atoms with Crippen LogP contribution in [0.25, 0.3) is 17.1 Å². The molecule has 2 aromatic carbocycles. The van der Waals surface area contributed by atoms with E-state index in [2.05, 4.69) is 9.97 Å². The number of aromatic amines is 2. The molecule has 1 aromatic heterocycles. The summed E-state index contributed by atoms with van der Waals surface area (Å²) in [5, 5.41) is 0. The van der Waals surface area contributed by atoms with Crippen LogP contribution in [0.2, 0.25) is 0 Å². The van der Waals surface area contributed by atoms with E-state index in [1.807, 2.05) is 6.07 Å². The molecule has 1 heterocycles. The van der Waals surface area contributed by atoms with Crippen LogP contribution in [0.3, 0.4) is 0 Å². The van der Waals surface area contributed by atoms with Gasteiger partial charge in [0.15, 0.2) is 17.3 Å². The first-order valence-corrected chi connectivity index (χ1v) is 7.27. The lowest BCUT2D eigenvalue weighted by Crippen LogP contribution is -1.99. The largest absolute Gasteiger partial charge is 0.493 e. The molecule has 0 aliphatic rings. The van der Waals surface area contributed by atoms with Crippen LogP contribution >= 0.6 is 0 Å². The second-order valence-electron chi connectivity index (χ2n) is 5.15. The summed E-state index contributed by atoms with van der Waals surface area (Å²) in [6, 6.07) is 10.4. The maximum atomic E-state index is 12.3. The molecule has 6 nitrogen and oxygen atoms in total. The van der Waals surface area contributed by atoms with Gasteiger partial charge in [0.25, 0.3) is 0 Å². The molecular formula is C18H16N2O4. The van der Waals surface area contributed by atoms with Gasteiger partial charge in [0.05, 0.1) is 25.3 Å². The van der Waals surface area contributed by atoms with Crippen molar-refractivity contribution in [1.29, 1.82) is 0 Å². The van der Waals surface area contributed by atoms with Gasteiger partial charge in [0.2, 0.25) is 0 Å². The summed E-state index contributed by atoms with van der Waals surface area (Å²) in [5.74, 6) is 1.06. The van der Waals surface area contributed by atoms with Crippen molar-refractivity contribution in [3.05, 3.63) is 64.1 Å². The van der Waals surface area contributed by atoms with E-state index >= 15 is 0 Å². The van der Waals surface area contributed by atoms with E-state index in [1.165, 1.54) is 6.08 Å². The summed E-state index contributed by atoms with van der Waals surface area (Å²) < 4.78 is 10.4. The van der Waals surface area contributed by atoms with E-state index in [1.54, 1.807) is 50.6 Å². The molecule has 0 bridgehead atoms. The quantitative estimate of drug-likeness (QED) is 0.558. The van der Waals surface area contributed by atoms with Crippen molar-refractivity contribution in [2.24, 2.45) is 0 Å². The summed E-state index contributed by atoms with van der Waals surface area (Å²) in [6.45, 7) is 0. The van der Waals surface area contributed by atoms with Gasteiger partial charge < -0.3 is 19.4 Å². The summed E-state index contributed by atoms with van der Waals surface area (Å²) in [5.41, 5.74) is 2.29. The lowest BCUT2D eigenvalue weighted by atomic mass is 10.1. The van der Waals surface area contributed by atoms with Gasteiger partial charge in [-0.25, -0.2) is 4.79 Å². The number of fused-ring (bicyclic) bond motifs is 1. The molecule has 0 fully saturated rings. The highest BCUT2D eigenvalue weighted by Crippen LogP contribution is 2.28. The first kappa shape index (κ1) is 15.6. The van der Waals surface area contributed by atoms with Gasteiger partial charge in [-0.3, -0.25) is 4.79 Å². The molecule has 0 unspecified atom stereocenters. The zero-order valence-corrected chi connectivity index (χ0v) is 13.3. The Morgan fingerprint density at radius 2 is 1.71 bits per heavy atom. The number of nitrogens with one attached hydrogen (secondary N) is 2. The number of imidazole rings is 1. The highest BCUT2D eigenvalue weighted by molar-refractivity contribution is 6.08. The third-order valence-electron chi connectivity index (χ3n) is 3.64. The van der Waals surface area contributed by atoms with Crippen LogP contribution in [0.15, 0.2) is 47.3 Å². The van der Waals surface area contributed by atoms with Gasteiger partial charge in [-0.15, -0.1) is 0 Å². The smallest absolute Gasteiger partial charge is 0.323 e. The Morgan fingerprint density at radius 3 is 2.46 bits per heavy atom. The van der Waals surface area contributed by atoms with E-state index in [0.717, 1.165) is 5.56 Å². The molecule has 0 radical (unpaired) electrons. The minimum atomic E-state index is -0.296. The lowest BCUT2D eigenvalue weighted by Gasteiger charge is -2.07. The fraction of sp³-hybridized carbons (Fsp3) is 0.111. The number of allylic oxidation sites excluding steroid dienone is 1. The number of ether oxygens (including phenoxy) is 2. The van der Waals surface area contributed by atoms with Gasteiger partial charge in [-0.2, -0.15) is 0 Å². The first-order valence-electron chi connectivity index (χ1n) is 7.27. The number of H-pyrrole nitrogens is 2. The number of hydrogen-bond donors (Lipinski definition) is 2. The molecule has 0 aliphatic heterocycles. The summed E-state index contributed by atoms with van der Waals surface area (Å²) in [7, 11) is 3.13. The van der Waals surface area contributed by atoms with Crippen LogP contribution in [0.1, 0.15) is 15.9 Å². The topological polar surface area (TPSA) is 84.2 Å². The molecular weight excluding hydrogens is 308 g/mol. The Labute approximate surface area is 137 Å². The number of rotatable bonds is 5. The lowest BCUT2D eigenvalue weighted by molar-refractivity contribution is 0.104. The summed E-state index contributed by atoms with van der Waals surface area (Å²) in [6.07, 6.45) is 3.18. The van der Waals surface area contributed by atoms with E-state index < -0.39 is 0 Å². The van der Waals surface area contributed by atoms with Crippen molar-refractivity contribution in [2.75, 3.05) is 14.2 Å². The van der Waals surface area contributed by atoms with E-state index in [9.17, 15) is 9.59 Å². The summed E-state index contributed by atoms with van der Waals surface area (Å²) >= 11 is 0. The SMILES string of the molecule is COc1ccc(C=CC(=O)c2ccc3[nH]c(=O)[nH]c3c2)cc1OC. The average Bonchev–Trinajstić information content (AvgIpc) is 2.98. The molecule has 0 spiro atoms. The van der Waals surface area contributed by atoms with Gasteiger partial charge in [0, 0.05) is 5.56 Å². The van der Waals surface area contributed by atoms with Crippen molar-refractivity contribution >= 4 is 22.9 Å². The van der Waals surface area contributed by atoms with Crippen LogP contribution in [-0.2, 0) is 0 Å². The molecule has 0 amide bonds. The number of aromatic nitrogens is 2. The standard InChI is InChI=1S/C18H16N2O4/c1-23-16-8-4-11(9-17(16)24-2)3-7-15(21)12-5-6-13-14(10-12)20-18(22)19-13/h3-10H,1-2H3,(H2,19,20,22). The predicted octanol–water partition coefficient (Wildman–Crippen LogP) is 2.77. The molecule has 3 aromatic rings. The summed E-state index contributed by atoms with van der Waals surface area (Å²) in [4.78, 5) is 28.8. The van der Waals surface area contributed by atoms with Crippen molar-refractivity contribution in [2.45, 2.75) is 0 Å². The highest BCUT2D eigenvalue weighted by atomic mass is 16.5. The molecule has 24 heavy (non-hydrogen) atoms. The predicted molar refractivity (Wildman–Crippen MR) is 91.8 cm³/mol. The minimum Gasteiger partial charge on any atom is -0.493 e. The molecule has 2 N–H and O–H groups in total. The van der Waals surface area contributed by atoms with Crippen molar-refractivity contribution in [1.82, 2.24) is 9.97 Å². The Balaban J connectivity index is 1.84. The van der Waals surface area contributed by atoms with Crippen LogP contribution in [0.5, 0.6) is 11.5 Å². The molecule has 0 aliphatic carbocycles. The average molecular weight is 324 g/mol. The number of methoxy groups -OCH3 is 2. The van der Waals surface area contributed by atoms with Crippen LogP contribution in [0, 0.1) is 0 Å². The second kappa shape index (κ2) is 6.45. The number of carbonyl (C=O) groups is 1. The molecule has 0 saturated carbocycles. The highest BCUT2D eigenvalue weighted by Gasteiger charge is 2.06. The number of hydrogen-bond acceptors (Lipinski definition) is 4. The Morgan fingerprint density at radius 1 is 0.958 bits per heavy atom.